The summed E-state index contributed by atoms with van der Waals surface area (Å²) < 4.78 is 0. The molecule has 4 nitrogen and oxygen atoms in total. The standard InChI is InChI=1S/C12H14ClN3O/c1-9(4-5-13)7-16-12(17)11-3-2-10(6-14)8-15-11/h2-3,8-9H,4-5,7H2,1H3,(H,16,17). The summed E-state index contributed by atoms with van der Waals surface area (Å²) in [4.78, 5) is 15.6. The number of carbonyl (C=O) groups excluding carboxylic acids is 1. The maximum atomic E-state index is 11.7. The van der Waals surface area contributed by atoms with Crippen LogP contribution in [0.4, 0.5) is 0 Å². The Hall–Kier alpha value is -1.60. The molecule has 0 spiro atoms. The Morgan fingerprint density at radius 2 is 2.41 bits per heavy atom. The molecule has 1 rings (SSSR count). The predicted molar refractivity (Wildman–Crippen MR) is 65.8 cm³/mol. The third kappa shape index (κ3) is 4.41. The zero-order valence-corrected chi connectivity index (χ0v) is 10.4. The molecule has 0 aromatic carbocycles. The van der Waals surface area contributed by atoms with Gasteiger partial charge in [-0.1, -0.05) is 6.92 Å². The van der Waals surface area contributed by atoms with Crippen molar-refractivity contribution >= 4 is 17.5 Å². The van der Waals surface area contributed by atoms with Crippen molar-refractivity contribution in [3.05, 3.63) is 29.6 Å². The second-order valence-electron chi connectivity index (χ2n) is 3.84. The summed E-state index contributed by atoms with van der Waals surface area (Å²) in [6.45, 7) is 2.60. The molecular weight excluding hydrogens is 238 g/mol. The molecule has 17 heavy (non-hydrogen) atoms. The van der Waals surface area contributed by atoms with Crippen LogP contribution in [0.25, 0.3) is 0 Å². The number of carbonyl (C=O) groups is 1. The van der Waals surface area contributed by atoms with Crippen LogP contribution in [0, 0.1) is 17.2 Å². The van der Waals surface area contributed by atoms with E-state index in [2.05, 4.69) is 10.3 Å². The molecule has 1 amide bonds. The van der Waals surface area contributed by atoms with Gasteiger partial charge in [0.2, 0.25) is 0 Å². The lowest BCUT2D eigenvalue weighted by Crippen LogP contribution is -2.29. The van der Waals surface area contributed by atoms with Gasteiger partial charge in [-0.25, -0.2) is 4.98 Å². The average molecular weight is 252 g/mol. The van der Waals surface area contributed by atoms with Crippen LogP contribution in [0.5, 0.6) is 0 Å². The lowest BCUT2D eigenvalue weighted by Gasteiger charge is -2.10. The zero-order valence-electron chi connectivity index (χ0n) is 9.61. The molecule has 5 heteroatoms. The molecule has 0 saturated heterocycles. The number of pyridine rings is 1. The third-order valence-corrected chi connectivity index (χ3v) is 2.56. The van der Waals surface area contributed by atoms with Crippen molar-refractivity contribution in [2.24, 2.45) is 5.92 Å². The van der Waals surface area contributed by atoms with E-state index in [4.69, 9.17) is 16.9 Å². The molecule has 1 aromatic heterocycles. The molecule has 1 unspecified atom stereocenters. The van der Waals surface area contributed by atoms with Gasteiger partial charge in [0.25, 0.3) is 5.91 Å². The second kappa shape index (κ2) is 6.87. The maximum Gasteiger partial charge on any atom is 0.269 e. The van der Waals surface area contributed by atoms with E-state index >= 15 is 0 Å². The Balaban J connectivity index is 2.50. The minimum Gasteiger partial charge on any atom is -0.350 e. The van der Waals surface area contributed by atoms with E-state index in [9.17, 15) is 4.79 Å². The normalized spacial score (nSPS) is 11.6. The van der Waals surface area contributed by atoms with Gasteiger partial charge in [-0.05, 0) is 24.5 Å². The molecule has 0 fully saturated rings. The van der Waals surface area contributed by atoms with Crippen LogP contribution < -0.4 is 5.32 Å². The number of hydrogen-bond donors (Lipinski definition) is 1. The highest BCUT2D eigenvalue weighted by atomic mass is 35.5. The van der Waals surface area contributed by atoms with Crippen molar-refractivity contribution in [1.82, 2.24) is 10.3 Å². The highest BCUT2D eigenvalue weighted by Crippen LogP contribution is 2.03. The first-order valence-corrected chi connectivity index (χ1v) is 5.91. The fraction of sp³-hybridized carbons (Fsp3) is 0.417. The number of alkyl halides is 1. The number of amides is 1. The summed E-state index contributed by atoms with van der Waals surface area (Å²) in [7, 11) is 0. The molecule has 0 aliphatic heterocycles. The molecule has 0 aliphatic rings. The Morgan fingerprint density at radius 3 is 2.94 bits per heavy atom. The van der Waals surface area contributed by atoms with Gasteiger partial charge in [0.05, 0.1) is 5.56 Å². The number of nitriles is 1. The Labute approximate surface area is 106 Å². The highest BCUT2D eigenvalue weighted by molar-refractivity contribution is 6.17. The molecule has 0 radical (unpaired) electrons. The van der Waals surface area contributed by atoms with Crippen molar-refractivity contribution in [3.63, 3.8) is 0 Å². The molecule has 0 bridgehead atoms. The molecule has 1 N–H and O–H groups in total. The number of halogens is 1. The Bertz CT molecular complexity index is 411. The first-order valence-electron chi connectivity index (χ1n) is 5.37. The molecule has 1 atom stereocenters. The molecule has 0 saturated carbocycles. The SMILES string of the molecule is CC(CCCl)CNC(=O)c1ccc(C#N)cn1. The van der Waals surface area contributed by atoms with Gasteiger partial charge >= 0.3 is 0 Å². The van der Waals surface area contributed by atoms with E-state index in [-0.39, 0.29) is 5.91 Å². The van der Waals surface area contributed by atoms with Crippen molar-refractivity contribution in [2.75, 3.05) is 12.4 Å². The number of nitrogens with zero attached hydrogens (tertiary/aromatic N) is 2. The van der Waals surface area contributed by atoms with E-state index in [1.54, 1.807) is 12.1 Å². The van der Waals surface area contributed by atoms with Gasteiger partial charge in [-0.15, -0.1) is 11.6 Å². The van der Waals surface area contributed by atoms with Crippen molar-refractivity contribution in [2.45, 2.75) is 13.3 Å². The van der Waals surface area contributed by atoms with Gasteiger partial charge < -0.3 is 5.32 Å². The van der Waals surface area contributed by atoms with Gasteiger partial charge in [-0.2, -0.15) is 5.26 Å². The second-order valence-corrected chi connectivity index (χ2v) is 4.21. The van der Waals surface area contributed by atoms with E-state index in [1.165, 1.54) is 6.20 Å². The van der Waals surface area contributed by atoms with Crippen molar-refractivity contribution < 1.29 is 4.79 Å². The number of hydrogen-bond acceptors (Lipinski definition) is 3. The summed E-state index contributed by atoms with van der Waals surface area (Å²) in [6, 6.07) is 5.07. The van der Waals surface area contributed by atoms with E-state index in [0.29, 0.717) is 29.6 Å². The first kappa shape index (κ1) is 13.5. The van der Waals surface area contributed by atoms with E-state index < -0.39 is 0 Å². The summed E-state index contributed by atoms with van der Waals surface area (Å²) >= 11 is 5.61. The summed E-state index contributed by atoms with van der Waals surface area (Å²) in [5, 5.41) is 11.4. The minimum absolute atomic E-state index is 0.226. The number of aromatic nitrogens is 1. The predicted octanol–water partition coefficient (Wildman–Crippen LogP) is 1.95. The maximum absolute atomic E-state index is 11.7. The fourth-order valence-electron chi connectivity index (χ4n) is 1.24. The lowest BCUT2D eigenvalue weighted by atomic mass is 10.1. The summed E-state index contributed by atoms with van der Waals surface area (Å²) in [5.41, 5.74) is 0.763. The summed E-state index contributed by atoms with van der Waals surface area (Å²) in [6.07, 6.45) is 2.25. The van der Waals surface area contributed by atoms with Gasteiger partial charge in [0.15, 0.2) is 0 Å². The van der Waals surface area contributed by atoms with Crippen molar-refractivity contribution in [1.29, 1.82) is 5.26 Å². The Morgan fingerprint density at radius 1 is 1.65 bits per heavy atom. The number of nitrogens with one attached hydrogen (secondary N) is 1. The van der Waals surface area contributed by atoms with E-state index in [0.717, 1.165) is 6.42 Å². The van der Waals surface area contributed by atoms with Gasteiger partial charge in [0, 0.05) is 18.6 Å². The van der Waals surface area contributed by atoms with Crippen LogP contribution >= 0.6 is 11.6 Å². The van der Waals surface area contributed by atoms with Gasteiger partial charge in [0.1, 0.15) is 11.8 Å². The smallest absolute Gasteiger partial charge is 0.269 e. The molecule has 0 aliphatic carbocycles. The van der Waals surface area contributed by atoms with Crippen LogP contribution in [-0.2, 0) is 0 Å². The third-order valence-electron chi connectivity index (χ3n) is 2.34. The van der Waals surface area contributed by atoms with Gasteiger partial charge in [-0.3, -0.25) is 4.79 Å². The quantitative estimate of drug-likeness (QED) is 0.814. The molecule has 1 aromatic rings. The monoisotopic (exact) mass is 251 g/mol. The van der Waals surface area contributed by atoms with Crippen LogP contribution in [0.3, 0.4) is 0 Å². The Kier molecular flexibility index (Phi) is 5.44. The fourth-order valence-corrected chi connectivity index (χ4v) is 1.61. The first-order chi connectivity index (χ1) is 8.17. The van der Waals surface area contributed by atoms with Crippen molar-refractivity contribution in [3.8, 4) is 6.07 Å². The van der Waals surface area contributed by atoms with E-state index in [1.807, 2.05) is 13.0 Å². The molecule has 1 heterocycles. The van der Waals surface area contributed by atoms with Crippen LogP contribution in [0.2, 0.25) is 0 Å². The average Bonchev–Trinajstić information content (AvgIpc) is 2.36. The van der Waals surface area contributed by atoms with Crippen LogP contribution in [-0.4, -0.2) is 23.3 Å². The minimum atomic E-state index is -0.226. The van der Waals surface area contributed by atoms with Crippen LogP contribution in [0.15, 0.2) is 18.3 Å². The lowest BCUT2D eigenvalue weighted by molar-refractivity contribution is 0.0943. The largest absolute Gasteiger partial charge is 0.350 e. The zero-order chi connectivity index (χ0) is 12.7. The topological polar surface area (TPSA) is 65.8 Å². The summed E-state index contributed by atoms with van der Waals surface area (Å²) in [5.74, 6) is 0.706. The number of rotatable bonds is 5. The highest BCUT2D eigenvalue weighted by Gasteiger charge is 2.08. The van der Waals surface area contributed by atoms with Crippen LogP contribution in [0.1, 0.15) is 29.4 Å². The molecular formula is C12H14ClN3O. The molecule has 90 valence electrons.